The minimum Gasteiger partial charge on any atom is -0.394 e. The lowest BCUT2D eigenvalue weighted by Crippen LogP contribution is -2.20. The van der Waals surface area contributed by atoms with Crippen molar-refractivity contribution in [1.29, 1.82) is 0 Å². The first-order valence-electron chi connectivity index (χ1n) is 3.62. The van der Waals surface area contributed by atoms with Gasteiger partial charge in [0.05, 0.1) is 28.5 Å². The fourth-order valence-electron chi connectivity index (χ4n) is 0.861. The van der Waals surface area contributed by atoms with Gasteiger partial charge < -0.3 is 10.2 Å². The van der Waals surface area contributed by atoms with Gasteiger partial charge in [-0.2, -0.15) is 5.10 Å². The number of halogens is 1. The normalized spacial score (nSPS) is 13.3. The smallest absolute Gasteiger partial charge is 0.0966 e. The van der Waals surface area contributed by atoms with Crippen molar-refractivity contribution in [2.75, 3.05) is 6.61 Å². The van der Waals surface area contributed by atoms with Gasteiger partial charge in [-0.15, -0.1) is 0 Å². The highest BCUT2D eigenvalue weighted by molar-refractivity contribution is 14.1. The van der Waals surface area contributed by atoms with Crippen molar-refractivity contribution in [1.82, 2.24) is 9.78 Å². The van der Waals surface area contributed by atoms with Gasteiger partial charge in [-0.1, -0.05) is 0 Å². The van der Waals surface area contributed by atoms with Crippen molar-refractivity contribution >= 4 is 22.6 Å². The highest BCUT2D eigenvalue weighted by Crippen LogP contribution is 2.08. The highest BCUT2D eigenvalue weighted by Gasteiger charge is 2.06. The average molecular weight is 282 g/mol. The highest BCUT2D eigenvalue weighted by atomic mass is 127. The van der Waals surface area contributed by atoms with E-state index in [2.05, 4.69) is 27.7 Å². The summed E-state index contributed by atoms with van der Waals surface area (Å²) < 4.78 is 2.70. The molecule has 1 rings (SSSR count). The zero-order valence-corrected chi connectivity index (χ0v) is 8.89. The Morgan fingerprint density at radius 1 is 1.75 bits per heavy atom. The van der Waals surface area contributed by atoms with Gasteiger partial charge in [-0.3, -0.25) is 4.68 Å². The zero-order valence-electron chi connectivity index (χ0n) is 6.74. The molecule has 1 heterocycles. The maximum atomic E-state index is 9.10. The van der Waals surface area contributed by atoms with Crippen LogP contribution in [0.1, 0.15) is 5.69 Å². The van der Waals surface area contributed by atoms with E-state index in [-0.39, 0.29) is 6.61 Å². The molecule has 1 aromatic heterocycles. The minimum absolute atomic E-state index is 0.227. The molecule has 0 fully saturated rings. The lowest BCUT2D eigenvalue weighted by atomic mass is 10.4. The number of nitrogens with zero attached hydrogens (tertiary/aromatic N) is 2. The summed E-state index contributed by atoms with van der Waals surface area (Å²) in [7, 11) is 0. The van der Waals surface area contributed by atoms with Crippen LogP contribution >= 0.6 is 22.6 Å². The van der Waals surface area contributed by atoms with Gasteiger partial charge in [-0.05, 0) is 29.5 Å². The van der Waals surface area contributed by atoms with Crippen LogP contribution in [0.5, 0.6) is 0 Å². The van der Waals surface area contributed by atoms with Crippen LogP contribution in [-0.2, 0) is 6.54 Å². The molecule has 12 heavy (non-hydrogen) atoms. The van der Waals surface area contributed by atoms with Crippen LogP contribution in [0.2, 0.25) is 0 Å². The van der Waals surface area contributed by atoms with Crippen LogP contribution in [-0.4, -0.2) is 32.7 Å². The van der Waals surface area contributed by atoms with Gasteiger partial charge >= 0.3 is 0 Å². The summed E-state index contributed by atoms with van der Waals surface area (Å²) in [5, 5.41) is 21.8. The Balaban J connectivity index is 2.64. The molecule has 0 aliphatic carbocycles. The third kappa shape index (κ3) is 2.43. The summed E-state index contributed by atoms with van der Waals surface area (Å²) in [5.74, 6) is 0. The average Bonchev–Trinajstić information content (AvgIpc) is 2.31. The number of aliphatic hydroxyl groups is 2. The van der Waals surface area contributed by atoms with Crippen molar-refractivity contribution in [2.24, 2.45) is 0 Å². The molecule has 0 radical (unpaired) electrons. The van der Waals surface area contributed by atoms with Crippen LogP contribution in [0, 0.1) is 10.5 Å². The molecule has 0 unspecified atom stereocenters. The Hall–Kier alpha value is -0.140. The molecule has 0 spiro atoms. The van der Waals surface area contributed by atoms with E-state index in [0.717, 1.165) is 9.26 Å². The second kappa shape index (κ2) is 4.20. The van der Waals surface area contributed by atoms with E-state index in [1.165, 1.54) is 0 Å². The molecular weight excluding hydrogens is 271 g/mol. The molecule has 1 aromatic rings. The van der Waals surface area contributed by atoms with E-state index in [9.17, 15) is 0 Å². The molecule has 0 aliphatic rings. The van der Waals surface area contributed by atoms with Crippen LogP contribution in [0.15, 0.2) is 6.20 Å². The molecular formula is C7H11IN2O2. The van der Waals surface area contributed by atoms with Crippen LogP contribution in [0.25, 0.3) is 0 Å². The maximum absolute atomic E-state index is 9.10. The summed E-state index contributed by atoms with van der Waals surface area (Å²) in [6, 6.07) is 0. The van der Waals surface area contributed by atoms with Gasteiger partial charge in [0.2, 0.25) is 0 Å². The van der Waals surface area contributed by atoms with Gasteiger partial charge in [0.25, 0.3) is 0 Å². The van der Waals surface area contributed by atoms with Crippen LogP contribution in [0.4, 0.5) is 0 Å². The molecule has 0 aromatic carbocycles. The Labute approximate surface area is 84.3 Å². The van der Waals surface area contributed by atoms with E-state index in [4.69, 9.17) is 10.2 Å². The standard InChI is InChI=1S/C7H11IN2O2/c1-5-7(8)3-10(9-5)2-6(12)4-11/h3,6,11-12H,2,4H2,1H3/t6-/m0/s1. The van der Waals surface area contributed by atoms with E-state index < -0.39 is 6.10 Å². The molecule has 5 heteroatoms. The number of rotatable bonds is 3. The van der Waals surface area contributed by atoms with Crippen LogP contribution in [0.3, 0.4) is 0 Å². The molecule has 0 amide bonds. The first kappa shape index (κ1) is 9.94. The summed E-state index contributed by atoms with van der Waals surface area (Å²) in [6.45, 7) is 2.03. The number of hydrogen-bond acceptors (Lipinski definition) is 3. The first-order chi connectivity index (χ1) is 5.63. The minimum atomic E-state index is -0.722. The summed E-state index contributed by atoms with van der Waals surface area (Å²) in [4.78, 5) is 0. The molecule has 0 bridgehead atoms. The Kier molecular flexibility index (Phi) is 3.48. The van der Waals surface area contributed by atoms with E-state index in [0.29, 0.717) is 6.54 Å². The van der Waals surface area contributed by atoms with E-state index >= 15 is 0 Å². The van der Waals surface area contributed by atoms with E-state index in [1.807, 2.05) is 13.1 Å². The summed E-state index contributed by atoms with van der Waals surface area (Å²) in [5.41, 5.74) is 0.945. The van der Waals surface area contributed by atoms with Gasteiger partial charge in [0.15, 0.2) is 0 Å². The maximum Gasteiger partial charge on any atom is 0.0966 e. The topological polar surface area (TPSA) is 58.3 Å². The van der Waals surface area contributed by atoms with Crippen LogP contribution < -0.4 is 0 Å². The molecule has 0 saturated carbocycles. The van der Waals surface area contributed by atoms with Gasteiger partial charge in [0.1, 0.15) is 0 Å². The second-order valence-corrected chi connectivity index (χ2v) is 3.78. The first-order valence-corrected chi connectivity index (χ1v) is 4.70. The lowest BCUT2D eigenvalue weighted by Gasteiger charge is -2.05. The van der Waals surface area contributed by atoms with Crippen molar-refractivity contribution < 1.29 is 10.2 Å². The predicted molar refractivity (Wildman–Crippen MR) is 52.8 cm³/mol. The number of hydrogen-bond donors (Lipinski definition) is 2. The quantitative estimate of drug-likeness (QED) is 0.776. The Morgan fingerprint density at radius 2 is 2.42 bits per heavy atom. The lowest BCUT2D eigenvalue weighted by molar-refractivity contribution is 0.0782. The summed E-state index contributed by atoms with van der Waals surface area (Å²) >= 11 is 2.18. The third-order valence-corrected chi connectivity index (χ3v) is 2.55. The molecule has 0 aliphatic heterocycles. The van der Waals surface area contributed by atoms with Crippen molar-refractivity contribution in [3.63, 3.8) is 0 Å². The SMILES string of the molecule is Cc1nn(C[C@H](O)CO)cc1I. The summed E-state index contributed by atoms with van der Waals surface area (Å²) in [6.07, 6.45) is 1.12. The monoisotopic (exact) mass is 282 g/mol. The van der Waals surface area contributed by atoms with E-state index in [1.54, 1.807) is 4.68 Å². The molecule has 68 valence electrons. The largest absolute Gasteiger partial charge is 0.394 e. The van der Waals surface area contributed by atoms with Gasteiger partial charge in [-0.25, -0.2) is 0 Å². The Bertz CT molecular complexity index is 242. The predicted octanol–water partition coefficient (Wildman–Crippen LogP) is 0.149. The molecule has 4 nitrogen and oxygen atoms in total. The molecule has 2 N–H and O–H groups in total. The fraction of sp³-hybridized carbons (Fsp3) is 0.571. The van der Waals surface area contributed by atoms with Gasteiger partial charge in [0, 0.05) is 6.20 Å². The third-order valence-electron chi connectivity index (χ3n) is 1.50. The molecule has 1 atom stereocenters. The van der Waals surface area contributed by atoms with Crippen molar-refractivity contribution in [2.45, 2.75) is 19.6 Å². The number of aryl methyl sites for hydroxylation is 1. The number of aromatic nitrogens is 2. The molecule has 0 saturated heterocycles. The Morgan fingerprint density at radius 3 is 2.83 bits per heavy atom. The fourth-order valence-corrected chi connectivity index (χ4v) is 1.29. The number of aliphatic hydroxyl groups excluding tert-OH is 2. The van der Waals surface area contributed by atoms with Crippen molar-refractivity contribution in [3.8, 4) is 0 Å². The second-order valence-electron chi connectivity index (χ2n) is 2.62. The van der Waals surface area contributed by atoms with Crippen molar-refractivity contribution in [3.05, 3.63) is 15.5 Å². The zero-order chi connectivity index (χ0) is 9.14.